The van der Waals surface area contributed by atoms with Crippen molar-refractivity contribution >= 4 is 55.9 Å². The Bertz CT molecular complexity index is 1990. The Hall–Kier alpha value is -2.73. The quantitative estimate of drug-likeness (QED) is 0.0981. The van der Waals surface area contributed by atoms with E-state index in [-0.39, 0.29) is 6.42 Å². The van der Waals surface area contributed by atoms with E-state index in [4.69, 9.17) is 14.5 Å². The molecule has 6 rings (SSSR count). The summed E-state index contributed by atoms with van der Waals surface area (Å²) in [5.74, 6) is 0. The summed E-state index contributed by atoms with van der Waals surface area (Å²) in [4.78, 5) is 36.3. The van der Waals surface area contributed by atoms with Crippen LogP contribution in [0.15, 0.2) is 85.1 Å². The number of hydrogen-bond acceptors (Lipinski definition) is 8. The Kier molecular flexibility index (Phi) is 7.98. The number of aliphatic hydroxyl groups excluding tert-OH is 1. The highest BCUT2D eigenvalue weighted by atomic mass is 31.3. The van der Waals surface area contributed by atoms with Gasteiger partial charge in [-0.2, -0.15) is 8.62 Å². The van der Waals surface area contributed by atoms with E-state index in [0.29, 0.717) is 0 Å². The molecule has 4 aromatic carbocycles. The minimum absolute atomic E-state index is 0.106. The van der Waals surface area contributed by atoms with E-state index >= 15 is 0 Å². The Morgan fingerprint density at radius 2 is 1.37 bits per heavy atom. The first-order chi connectivity index (χ1) is 20.3. The average molecular weight is 649 g/mol. The highest BCUT2D eigenvalue weighted by molar-refractivity contribution is 7.66. The molecule has 1 aliphatic heterocycles. The van der Waals surface area contributed by atoms with Gasteiger partial charge in [-0.25, -0.2) is 13.7 Å². The zero-order valence-corrected chi connectivity index (χ0v) is 24.8. The molecule has 5 N–H and O–H groups in total. The van der Waals surface area contributed by atoms with Crippen LogP contribution < -0.4 is 0 Å². The van der Waals surface area contributed by atoms with Crippen molar-refractivity contribution in [1.82, 2.24) is 4.57 Å². The number of aliphatic hydroxyl groups is 1. The van der Waals surface area contributed by atoms with Crippen LogP contribution in [-0.2, 0) is 31.6 Å². The van der Waals surface area contributed by atoms with Gasteiger partial charge in [-0.1, -0.05) is 42.5 Å². The number of ether oxygens (including phenoxy) is 1. The summed E-state index contributed by atoms with van der Waals surface area (Å²) in [6, 6.07) is 26.8. The van der Waals surface area contributed by atoms with Gasteiger partial charge in [0.1, 0.15) is 12.3 Å². The van der Waals surface area contributed by atoms with E-state index in [0.717, 1.165) is 32.8 Å². The predicted molar refractivity (Wildman–Crippen MR) is 157 cm³/mol. The van der Waals surface area contributed by atoms with Crippen molar-refractivity contribution in [3.8, 4) is 11.1 Å². The zero-order valence-electron chi connectivity index (χ0n) is 22.1. The number of fused-ring (bicyclic) bond motifs is 3. The van der Waals surface area contributed by atoms with Crippen molar-refractivity contribution in [3.05, 3.63) is 85.1 Å². The molecule has 0 bridgehead atoms. The summed E-state index contributed by atoms with van der Waals surface area (Å²) < 4.78 is 54.0. The van der Waals surface area contributed by atoms with Crippen LogP contribution in [0.5, 0.6) is 0 Å². The Labute approximate surface area is 244 Å². The maximum absolute atomic E-state index is 12.0. The maximum Gasteiger partial charge on any atom is 0.490 e. The molecule has 0 spiro atoms. The summed E-state index contributed by atoms with van der Waals surface area (Å²) in [5.41, 5.74) is 2.89. The van der Waals surface area contributed by atoms with Gasteiger partial charge in [-0.05, 0) is 69.1 Å². The molecule has 1 aromatic heterocycles. The molecule has 2 heterocycles. The fourth-order valence-corrected chi connectivity index (χ4v) is 8.25. The molecule has 5 atom stereocenters. The van der Waals surface area contributed by atoms with Crippen LogP contribution in [0.25, 0.3) is 43.6 Å². The molecule has 13 nitrogen and oxygen atoms in total. The summed E-state index contributed by atoms with van der Waals surface area (Å²) in [6.45, 7) is -0.734. The number of aromatic nitrogens is 1. The molecule has 1 saturated heterocycles. The van der Waals surface area contributed by atoms with Gasteiger partial charge in [0.05, 0.1) is 18.2 Å². The molecule has 226 valence electrons. The molecular weight excluding hydrogens is 623 g/mol. The molecule has 5 aromatic rings. The fraction of sp³-hybridized carbons (Fsp3) is 0.185. The van der Waals surface area contributed by atoms with Gasteiger partial charge in [-0.15, -0.1) is 0 Å². The molecule has 2 unspecified atom stereocenters. The highest BCUT2D eigenvalue weighted by Crippen LogP contribution is 2.66. The van der Waals surface area contributed by atoms with Crippen LogP contribution in [-0.4, -0.2) is 48.1 Å². The van der Waals surface area contributed by atoms with Crippen molar-refractivity contribution in [2.45, 2.75) is 24.9 Å². The lowest BCUT2D eigenvalue weighted by Crippen LogP contribution is -2.26. The molecule has 16 heteroatoms. The lowest BCUT2D eigenvalue weighted by atomic mass is 9.98. The number of nitrogens with zero attached hydrogens (tertiary/aromatic N) is 1. The lowest BCUT2D eigenvalue weighted by molar-refractivity contribution is -0.0420. The highest BCUT2D eigenvalue weighted by Gasteiger charge is 2.42. The average Bonchev–Trinajstić information content (AvgIpc) is 3.50. The van der Waals surface area contributed by atoms with E-state index in [1.165, 1.54) is 10.8 Å². The summed E-state index contributed by atoms with van der Waals surface area (Å²) in [7, 11) is -16.5. The second-order valence-electron chi connectivity index (χ2n) is 10.1. The third kappa shape index (κ3) is 6.84. The van der Waals surface area contributed by atoms with Crippen LogP contribution in [0.4, 0.5) is 0 Å². The first kappa shape index (κ1) is 30.3. The SMILES string of the molecule is O=P(O)(O)OP(=O)(O)OP(=O)(O)OC[C@H]1O[C@@H](n2ccc3cc(-c4ccc5cc6ccccc6cc5c4)ccc32)C[C@@H]1O. The Morgan fingerprint density at radius 1 is 0.744 bits per heavy atom. The molecule has 1 fully saturated rings. The van der Waals surface area contributed by atoms with Crippen molar-refractivity contribution in [2.24, 2.45) is 0 Å². The molecule has 0 amide bonds. The van der Waals surface area contributed by atoms with Gasteiger partial charge in [0, 0.05) is 18.0 Å². The summed E-state index contributed by atoms with van der Waals surface area (Å²) in [5, 5.41) is 16.0. The second kappa shape index (κ2) is 11.3. The van der Waals surface area contributed by atoms with E-state index < -0.39 is 48.5 Å². The minimum Gasteiger partial charge on any atom is -0.390 e. The van der Waals surface area contributed by atoms with Gasteiger partial charge in [0.2, 0.25) is 0 Å². The van der Waals surface area contributed by atoms with E-state index in [9.17, 15) is 28.6 Å². The predicted octanol–water partition coefficient (Wildman–Crippen LogP) is 5.61. The molecule has 0 saturated carbocycles. The zero-order chi connectivity index (χ0) is 30.6. The molecule has 43 heavy (non-hydrogen) atoms. The fourth-order valence-electron chi connectivity index (χ4n) is 5.22. The molecular formula is C27H26NO12P3. The van der Waals surface area contributed by atoms with Crippen LogP contribution >= 0.6 is 23.5 Å². The van der Waals surface area contributed by atoms with E-state index in [1.54, 1.807) is 10.8 Å². The maximum atomic E-state index is 12.0. The molecule has 0 radical (unpaired) electrons. The van der Waals surface area contributed by atoms with Crippen LogP contribution in [0, 0.1) is 0 Å². The van der Waals surface area contributed by atoms with Gasteiger partial charge < -0.3 is 34.0 Å². The normalized spacial score (nSPS) is 22.2. The number of phosphoric acid groups is 3. The third-order valence-electron chi connectivity index (χ3n) is 7.09. The summed E-state index contributed by atoms with van der Waals surface area (Å²) >= 11 is 0. The van der Waals surface area contributed by atoms with Gasteiger partial charge in [0.15, 0.2) is 0 Å². The van der Waals surface area contributed by atoms with Crippen molar-refractivity contribution in [3.63, 3.8) is 0 Å². The second-order valence-corrected chi connectivity index (χ2v) is 14.5. The number of benzene rings is 4. The van der Waals surface area contributed by atoms with Gasteiger partial charge in [-0.3, -0.25) is 4.52 Å². The first-order valence-corrected chi connectivity index (χ1v) is 17.4. The topological polar surface area (TPSA) is 194 Å². The largest absolute Gasteiger partial charge is 0.490 e. The molecule has 1 aliphatic rings. The van der Waals surface area contributed by atoms with Crippen molar-refractivity contribution in [1.29, 1.82) is 0 Å². The van der Waals surface area contributed by atoms with Gasteiger partial charge >= 0.3 is 23.5 Å². The summed E-state index contributed by atoms with van der Waals surface area (Å²) in [6.07, 6.45) is -1.03. The van der Waals surface area contributed by atoms with Crippen LogP contribution in [0.2, 0.25) is 0 Å². The third-order valence-corrected chi connectivity index (χ3v) is 10.9. The number of hydrogen-bond donors (Lipinski definition) is 5. The first-order valence-electron chi connectivity index (χ1n) is 12.9. The Morgan fingerprint density at radius 3 is 2.07 bits per heavy atom. The monoisotopic (exact) mass is 649 g/mol. The number of rotatable bonds is 9. The van der Waals surface area contributed by atoms with Crippen molar-refractivity contribution in [2.75, 3.05) is 6.61 Å². The Balaban J connectivity index is 1.16. The van der Waals surface area contributed by atoms with Crippen LogP contribution in [0.1, 0.15) is 12.6 Å². The van der Waals surface area contributed by atoms with E-state index in [1.807, 2.05) is 36.4 Å². The lowest BCUT2D eigenvalue weighted by Gasteiger charge is -2.19. The standard InChI is InChI=1S/C27H26NO12P3/c29-25-15-27(38-26(25)16-37-42(33,34)40-43(35,36)39-41(30,31)32)28-10-9-22-12-20(7-8-24(22)28)19-5-6-21-11-17-3-1-2-4-18(17)13-23(21)14-19/h1-14,25-27,29H,15-16H2,(H,33,34)(H,35,36)(H2,30,31,32)/t25-,26+,27+/m0/s1. The minimum atomic E-state index is -5.65. The van der Waals surface area contributed by atoms with Gasteiger partial charge in [0.25, 0.3) is 0 Å². The van der Waals surface area contributed by atoms with E-state index in [2.05, 4.69) is 55.6 Å². The van der Waals surface area contributed by atoms with Crippen molar-refractivity contribution < 1.29 is 56.3 Å². The van der Waals surface area contributed by atoms with Crippen LogP contribution in [0.3, 0.4) is 0 Å². The number of phosphoric ester groups is 1. The smallest absolute Gasteiger partial charge is 0.390 e. The molecule has 0 aliphatic carbocycles.